The van der Waals surface area contributed by atoms with Crippen molar-refractivity contribution < 1.29 is 98.3 Å². The zero-order chi connectivity index (χ0) is 28.7. The van der Waals surface area contributed by atoms with Gasteiger partial charge in [0.2, 0.25) is 0 Å². The molecule has 0 bridgehead atoms. The number of aromatic carboxylic acids is 1. The van der Waals surface area contributed by atoms with E-state index in [1.54, 1.807) is 31.2 Å². The number of rotatable bonds is 13. The van der Waals surface area contributed by atoms with Crippen molar-refractivity contribution in [2.24, 2.45) is 0 Å². The van der Waals surface area contributed by atoms with E-state index in [1.165, 1.54) is 24.3 Å². The van der Waals surface area contributed by atoms with Gasteiger partial charge in [0.05, 0.1) is 18.2 Å². The number of carbonyl (C=O) groups is 3. The van der Waals surface area contributed by atoms with Gasteiger partial charge in [0.15, 0.2) is 0 Å². The molecular formula is C29H31FN2Na2O7. The summed E-state index contributed by atoms with van der Waals surface area (Å²) in [6, 6.07) is 11.8. The summed E-state index contributed by atoms with van der Waals surface area (Å²) in [4.78, 5) is 35.1. The fourth-order valence-corrected chi connectivity index (χ4v) is 4.74. The van der Waals surface area contributed by atoms with Gasteiger partial charge in [-0.1, -0.05) is 36.4 Å². The molecule has 0 spiro atoms. The number of aliphatic hydroxyl groups excluding tert-OH is 2. The fourth-order valence-electron chi connectivity index (χ4n) is 4.74. The molecule has 1 amide bonds. The first kappa shape index (κ1) is 37.0. The Bertz CT molecular complexity index is 1330. The molecular weight excluding hydrogens is 553 g/mol. The number of aliphatic carboxylic acids is 1. The molecule has 2 atom stereocenters. The second-order valence-corrected chi connectivity index (χ2v) is 9.37. The van der Waals surface area contributed by atoms with Gasteiger partial charge < -0.3 is 39.9 Å². The molecule has 2 aromatic carbocycles. The van der Waals surface area contributed by atoms with Crippen LogP contribution in [0, 0.1) is 12.7 Å². The van der Waals surface area contributed by atoms with E-state index in [2.05, 4.69) is 5.32 Å². The quantitative estimate of drug-likeness (QED) is 0.170. The molecule has 9 nitrogen and oxygen atoms in total. The van der Waals surface area contributed by atoms with E-state index in [0.717, 1.165) is 11.3 Å². The summed E-state index contributed by atoms with van der Waals surface area (Å²) >= 11 is 0. The molecule has 0 aliphatic rings. The van der Waals surface area contributed by atoms with Crippen molar-refractivity contribution >= 4 is 17.8 Å². The van der Waals surface area contributed by atoms with Crippen molar-refractivity contribution in [2.45, 2.75) is 64.8 Å². The van der Waals surface area contributed by atoms with Gasteiger partial charge >= 0.3 is 59.1 Å². The van der Waals surface area contributed by atoms with Crippen LogP contribution in [0.25, 0.3) is 11.1 Å². The minimum Gasteiger partial charge on any atom is -0.550 e. The fraction of sp³-hybridized carbons (Fsp3) is 0.345. The van der Waals surface area contributed by atoms with Crippen LogP contribution in [0.5, 0.6) is 0 Å². The number of aromatic nitrogens is 1. The van der Waals surface area contributed by atoms with E-state index in [1.807, 2.05) is 11.5 Å². The van der Waals surface area contributed by atoms with Crippen LogP contribution in [0.3, 0.4) is 0 Å². The molecule has 1 heterocycles. The Hall–Kier alpha value is -2.02. The van der Waals surface area contributed by atoms with E-state index in [4.69, 9.17) is 0 Å². The molecule has 0 aliphatic heterocycles. The van der Waals surface area contributed by atoms with Crippen LogP contribution in [0.15, 0.2) is 48.5 Å². The number of hydrogen-bond donors (Lipinski definition) is 3. The third-order valence-electron chi connectivity index (χ3n) is 6.58. The molecule has 0 saturated heterocycles. The number of nitrogens with one attached hydrogen (secondary N) is 1. The van der Waals surface area contributed by atoms with Crippen molar-refractivity contribution in [3.05, 3.63) is 82.4 Å². The van der Waals surface area contributed by atoms with Gasteiger partial charge in [-0.15, -0.1) is 0 Å². The summed E-state index contributed by atoms with van der Waals surface area (Å²) in [5, 5.41) is 44.9. The van der Waals surface area contributed by atoms with E-state index in [0.29, 0.717) is 35.3 Å². The van der Waals surface area contributed by atoms with Crippen LogP contribution in [0.1, 0.15) is 63.9 Å². The number of nitrogens with zero attached hydrogens (tertiary/aromatic N) is 1. The average molecular weight is 585 g/mol. The average Bonchev–Trinajstić information content (AvgIpc) is 3.17. The largest absolute Gasteiger partial charge is 1.00 e. The number of carboxylic acid groups (broad SMARTS) is 2. The Kier molecular flexibility index (Phi) is 15.5. The predicted octanol–water partition coefficient (Wildman–Crippen LogP) is -4.89. The summed E-state index contributed by atoms with van der Waals surface area (Å²) in [6.07, 6.45) is -2.48. The SMILES string of the molecule is CCn1c(CC[C@@H](O)C[C@@H](O)CC(=O)[O-])c(-c2ccc(F)cc2)c(C)c1C(=O)NCc1ccc(C(=O)[O-])cc1.[Na+].[Na+]. The Morgan fingerprint density at radius 3 is 2.12 bits per heavy atom. The van der Waals surface area contributed by atoms with E-state index < -0.39 is 36.4 Å². The van der Waals surface area contributed by atoms with Gasteiger partial charge in [-0.3, -0.25) is 4.79 Å². The smallest absolute Gasteiger partial charge is 0.550 e. The molecule has 0 aliphatic carbocycles. The standard InChI is InChI=1S/C29H33FN2O7.2Na/c1-3-32-24(13-12-22(33)14-23(34)15-25(35)36)26(19-8-10-21(30)11-9-19)17(2)27(32)28(37)31-16-18-4-6-20(7-5-18)29(38)39;;/h4-11,22-23,33-34H,3,12-16H2,1-2H3,(H,31,37)(H,35,36)(H,38,39);;/q;2*+1/p-2/t22-,23-;;/m1../s1. The number of carboxylic acids is 2. The zero-order valence-corrected chi connectivity index (χ0v) is 27.8. The van der Waals surface area contributed by atoms with Crippen LogP contribution in [0.4, 0.5) is 4.39 Å². The van der Waals surface area contributed by atoms with Gasteiger partial charge in [-0.2, -0.15) is 0 Å². The number of hydrogen-bond acceptors (Lipinski definition) is 7. The maximum atomic E-state index is 13.7. The number of carbonyl (C=O) groups excluding carboxylic acids is 3. The van der Waals surface area contributed by atoms with Crippen LogP contribution in [-0.2, 0) is 24.3 Å². The Morgan fingerprint density at radius 1 is 0.976 bits per heavy atom. The van der Waals surface area contributed by atoms with E-state index >= 15 is 0 Å². The Morgan fingerprint density at radius 2 is 1.59 bits per heavy atom. The number of aliphatic hydroxyl groups is 2. The summed E-state index contributed by atoms with van der Waals surface area (Å²) in [7, 11) is 0. The van der Waals surface area contributed by atoms with Crippen molar-refractivity contribution in [1.82, 2.24) is 9.88 Å². The van der Waals surface area contributed by atoms with Crippen LogP contribution in [0.2, 0.25) is 0 Å². The topological polar surface area (TPSA) is 155 Å². The van der Waals surface area contributed by atoms with Gasteiger partial charge in [0.25, 0.3) is 5.91 Å². The normalized spacial score (nSPS) is 12.0. The molecule has 1 aromatic heterocycles. The monoisotopic (exact) mass is 584 g/mol. The van der Waals surface area contributed by atoms with Gasteiger partial charge in [-0.05, 0) is 67.5 Å². The summed E-state index contributed by atoms with van der Waals surface area (Å²) < 4.78 is 15.5. The van der Waals surface area contributed by atoms with Gasteiger partial charge in [0, 0.05) is 36.7 Å². The van der Waals surface area contributed by atoms with Crippen molar-refractivity contribution in [3.8, 4) is 11.1 Å². The predicted molar refractivity (Wildman–Crippen MR) is 137 cm³/mol. The molecule has 3 rings (SSSR count). The Labute approximate surface area is 282 Å². The van der Waals surface area contributed by atoms with Crippen LogP contribution in [-0.4, -0.2) is 44.8 Å². The van der Waals surface area contributed by atoms with Crippen LogP contribution < -0.4 is 74.6 Å². The van der Waals surface area contributed by atoms with Crippen molar-refractivity contribution in [2.75, 3.05) is 0 Å². The molecule has 0 fully saturated rings. The third-order valence-corrected chi connectivity index (χ3v) is 6.58. The van der Waals surface area contributed by atoms with Gasteiger partial charge in [-0.25, -0.2) is 4.39 Å². The van der Waals surface area contributed by atoms with E-state index in [-0.39, 0.29) is 90.0 Å². The van der Waals surface area contributed by atoms with Crippen molar-refractivity contribution in [1.29, 1.82) is 0 Å². The number of benzene rings is 2. The zero-order valence-electron chi connectivity index (χ0n) is 23.8. The third kappa shape index (κ3) is 10.0. The maximum absolute atomic E-state index is 13.7. The summed E-state index contributed by atoms with van der Waals surface area (Å²) in [6.45, 7) is 4.23. The molecule has 12 heteroatoms. The van der Waals surface area contributed by atoms with Crippen molar-refractivity contribution in [3.63, 3.8) is 0 Å². The number of halogens is 1. The summed E-state index contributed by atoms with van der Waals surface area (Å²) in [5.74, 6) is -3.47. The molecule has 3 aromatic rings. The summed E-state index contributed by atoms with van der Waals surface area (Å²) in [5.41, 5.74) is 3.93. The minimum absolute atomic E-state index is 0. The van der Waals surface area contributed by atoms with Gasteiger partial charge in [0.1, 0.15) is 11.5 Å². The first-order valence-corrected chi connectivity index (χ1v) is 12.6. The first-order chi connectivity index (χ1) is 18.5. The molecule has 0 radical (unpaired) electrons. The molecule has 0 saturated carbocycles. The molecule has 208 valence electrons. The molecule has 41 heavy (non-hydrogen) atoms. The molecule has 0 unspecified atom stereocenters. The first-order valence-electron chi connectivity index (χ1n) is 12.6. The van der Waals surface area contributed by atoms with E-state index in [9.17, 15) is 39.2 Å². The Balaban J connectivity index is 0.00000420. The second-order valence-electron chi connectivity index (χ2n) is 9.37. The molecule has 3 N–H and O–H groups in total. The minimum atomic E-state index is -1.41. The number of amides is 1. The van der Waals surface area contributed by atoms with Crippen LogP contribution >= 0.6 is 0 Å². The second kappa shape index (κ2) is 17.2. The maximum Gasteiger partial charge on any atom is 1.00 e.